The molecule has 0 spiro atoms. The van der Waals surface area contributed by atoms with Crippen LogP contribution >= 0.6 is 0 Å². The van der Waals surface area contributed by atoms with Crippen molar-refractivity contribution >= 4 is 17.5 Å². The average molecular weight is 234 g/mol. The number of carbonyl (C=O) groups is 2. The third-order valence-electron chi connectivity index (χ3n) is 2.37. The van der Waals surface area contributed by atoms with Crippen LogP contribution in [-0.4, -0.2) is 26.2 Å². The van der Waals surface area contributed by atoms with Gasteiger partial charge in [0, 0.05) is 6.08 Å². The largest absolute Gasteiger partial charge is 0.493 e. The fourth-order valence-corrected chi connectivity index (χ4v) is 1.56. The molecule has 1 aromatic rings. The van der Waals surface area contributed by atoms with Crippen molar-refractivity contribution < 1.29 is 23.8 Å². The van der Waals surface area contributed by atoms with Crippen LogP contribution in [0.2, 0.25) is 0 Å². The summed E-state index contributed by atoms with van der Waals surface area (Å²) in [5.41, 5.74) is 0.773. The van der Waals surface area contributed by atoms with Crippen molar-refractivity contribution in [3.63, 3.8) is 0 Å². The van der Waals surface area contributed by atoms with Gasteiger partial charge in [0.15, 0.2) is 11.5 Å². The molecule has 88 valence electrons. The summed E-state index contributed by atoms with van der Waals surface area (Å²) in [7, 11) is 3.01. The van der Waals surface area contributed by atoms with Crippen LogP contribution in [0.5, 0.6) is 11.5 Å². The molecule has 0 N–H and O–H groups in total. The van der Waals surface area contributed by atoms with Crippen LogP contribution < -0.4 is 9.47 Å². The molecule has 0 saturated carbocycles. The summed E-state index contributed by atoms with van der Waals surface area (Å²) in [5, 5.41) is 0. The van der Waals surface area contributed by atoms with Crippen molar-refractivity contribution in [3.05, 3.63) is 29.8 Å². The highest BCUT2D eigenvalue weighted by atomic mass is 16.6. The van der Waals surface area contributed by atoms with E-state index in [4.69, 9.17) is 9.47 Å². The van der Waals surface area contributed by atoms with Gasteiger partial charge in [-0.1, -0.05) is 6.07 Å². The Morgan fingerprint density at radius 2 is 1.76 bits per heavy atom. The Morgan fingerprint density at radius 3 is 2.29 bits per heavy atom. The molecular weight excluding hydrogens is 224 g/mol. The Hall–Kier alpha value is -2.30. The lowest BCUT2D eigenvalue weighted by Gasteiger charge is -2.08. The molecule has 0 radical (unpaired) electrons. The minimum Gasteiger partial charge on any atom is -0.493 e. The number of rotatable bonds is 3. The first-order valence-electron chi connectivity index (χ1n) is 4.86. The first-order valence-corrected chi connectivity index (χ1v) is 4.86. The monoisotopic (exact) mass is 234 g/mol. The molecule has 5 nitrogen and oxygen atoms in total. The maximum absolute atomic E-state index is 11.4. The van der Waals surface area contributed by atoms with Gasteiger partial charge in [-0.05, 0) is 17.7 Å². The van der Waals surface area contributed by atoms with Gasteiger partial charge < -0.3 is 14.2 Å². The molecule has 1 aliphatic heterocycles. The zero-order chi connectivity index (χ0) is 12.4. The molecule has 0 bridgehead atoms. The molecule has 0 atom stereocenters. The zero-order valence-electron chi connectivity index (χ0n) is 9.35. The number of carbonyl (C=O) groups excluding carboxylic acids is 2. The van der Waals surface area contributed by atoms with Crippen molar-refractivity contribution in [3.8, 4) is 11.5 Å². The summed E-state index contributed by atoms with van der Waals surface area (Å²) < 4.78 is 14.6. The molecule has 0 fully saturated rings. The summed E-state index contributed by atoms with van der Waals surface area (Å²) in [6.45, 7) is 0. The molecule has 1 heterocycles. The van der Waals surface area contributed by atoms with Crippen molar-refractivity contribution in [2.24, 2.45) is 0 Å². The van der Waals surface area contributed by atoms with Crippen molar-refractivity contribution in [1.82, 2.24) is 0 Å². The highest BCUT2D eigenvalue weighted by Gasteiger charge is 2.25. The number of methoxy groups -OCH3 is 2. The van der Waals surface area contributed by atoms with Crippen LogP contribution in [0, 0.1) is 0 Å². The second-order valence-electron chi connectivity index (χ2n) is 3.34. The molecule has 0 saturated heterocycles. The van der Waals surface area contributed by atoms with E-state index in [1.807, 2.05) is 0 Å². The number of hydrogen-bond acceptors (Lipinski definition) is 5. The zero-order valence-corrected chi connectivity index (χ0v) is 9.35. The standard InChI is InChI=1S/C12H10O5/c1-15-9-4-3-7(5-10(9)16-2)8-6-11(13)17-12(8)14/h3-6H,1-2H3. The smallest absolute Gasteiger partial charge is 0.346 e. The molecule has 1 aliphatic rings. The molecule has 17 heavy (non-hydrogen) atoms. The van der Waals surface area contributed by atoms with Crippen LogP contribution in [0.1, 0.15) is 5.56 Å². The van der Waals surface area contributed by atoms with Gasteiger partial charge >= 0.3 is 11.9 Å². The van der Waals surface area contributed by atoms with E-state index in [-0.39, 0.29) is 5.57 Å². The number of esters is 2. The Kier molecular flexibility index (Phi) is 2.82. The molecule has 2 rings (SSSR count). The number of hydrogen-bond donors (Lipinski definition) is 0. The molecule has 0 amide bonds. The molecule has 0 unspecified atom stereocenters. The summed E-state index contributed by atoms with van der Waals surface area (Å²) in [4.78, 5) is 22.3. The summed E-state index contributed by atoms with van der Waals surface area (Å²) in [5.74, 6) is -0.269. The van der Waals surface area contributed by atoms with E-state index in [0.29, 0.717) is 17.1 Å². The van der Waals surface area contributed by atoms with E-state index in [2.05, 4.69) is 4.74 Å². The van der Waals surface area contributed by atoms with E-state index >= 15 is 0 Å². The molecule has 0 aliphatic carbocycles. The van der Waals surface area contributed by atoms with Crippen LogP contribution in [0.4, 0.5) is 0 Å². The molecule has 5 heteroatoms. The predicted octanol–water partition coefficient (Wildman–Crippen LogP) is 1.17. The first-order chi connectivity index (χ1) is 8.15. The highest BCUT2D eigenvalue weighted by Crippen LogP contribution is 2.31. The van der Waals surface area contributed by atoms with Crippen LogP contribution in [0.25, 0.3) is 5.57 Å². The van der Waals surface area contributed by atoms with E-state index < -0.39 is 11.9 Å². The van der Waals surface area contributed by atoms with E-state index in [1.165, 1.54) is 14.2 Å². The van der Waals surface area contributed by atoms with Gasteiger partial charge in [0.1, 0.15) is 0 Å². The Labute approximate surface area is 97.6 Å². The first kappa shape index (κ1) is 11.2. The van der Waals surface area contributed by atoms with Gasteiger partial charge in [0.25, 0.3) is 0 Å². The average Bonchev–Trinajstić information content (AvgIpc) is 2.67. The minimum atomic E-state index is -0.653. The predicted molar refractivity (Wildman–Crippen MR) is 58.6 cm³/mol. The van der Waals surface area contributed by atoms with Crippen molar-refractivity contribution in [2.45, 2.75) is 0 Å². The number of benzene rings is 1. The minimum absolute atomic E-state index is 0.218. The lowest BCUT2D eigenvalue weighted by atomic mass is 10.1. The molecule has 0 aromatic heterocycles. The second-order valence-corrected chi connectivity index (χ2v) is 3.34. The lowest BCUT2D eigenvalue weighted by Crippen LogP contribution is -2.01. The van der Waals surface area contributed by atoms with Crippen LogP contribution in [-0.2, 0) is 14.3 Å². The fraction of sp³-hybridized carbons (Fsp3) is 0.167. The Bertz CT molecular complexity index is 516. The van der Waals surface area contributed by atoms with Gasteiger partial charge in [-0.3, -0.25) is 0 Å². The number of cyclic esters (lactones) is 2. The maximum Gasteiger partial charge on any atom is 0.346 e. The van der Waals surface area contributed by atoms with E-state index in [9.17, 15) is 9.59 Å². The van der Waals surface area contributed by atoms with Crippen LogP contribution in [0.3, 0.4) is 0 Å². The van der Waals surface area contributed by atoms with Gasteiger partial charge in [0.05, 0.1) is 19.8 Å². The Morgan fingerprint density at radius 1 is 1.06 bits per heavy atom. The highest BCUT2D eigenvalue weighted by molar-refractivity contribution is 6.28. The fourth-order valence-electron chi connectivity index (χ4n) is 1.56. The second kappa shape index (κ2) is 4.29. The van der Waals surface area contributed by atoms with Crippen molar-refractivity contribution in [2.75, 3.05) is 14.2 Å². The summed E-state index contributed by atoms with van der Waals surface area (Å²) in [6, 6.07) is 4.93. The third kappa shape index (κ3) is 1.99. The van der Waals surface area contributed by atoms with Crippen LogP contribution in [0.15, 0.2) is 24.3 Å². The normalized spacial score (nSPS) is 14.4. The topological polar surface area (TPSA) is 61.8 Å². The lowest BCUT2D eigenvalue weighted by molar-refractivity contribution is -0.149. The SMILES string of the molecule is COc1ccc(C2=CC(=O)OC2=O)cc1OC. The summed E-state index contributed by atoms with van der Waals surface area (Å²) >= 11 is 0. The van der Waals surface area contributed by atoms with Gasteiger partial charge in [-0.15, -0.1) is 0 Å². The molecular formula is C12H10O5. The third-order valence-corrected chi connectivity index (χ3v) is 2.37. The Balaban J connectivity index is 2.44. The quantitative estimate of drug-likeness (QED) is 0.580. The van der Waals surface area contributed by atoms with Crippen molar-refractivity contribution in [1.29, 1.82) is 0 Å². The van der Waals surface area contributed by atoms with E-state index in [1.54, 1.807) is 18.2 Å². The van der Waals surface area contributed by atoms with Gasteiger partial charge in [-0.25, -0.2) is 9.59 Å². The summed E-state index contributed by atoms with van der Waals surface area (Å²) in [6.07, 6.45) is 1.16. The van der Waals surface area contributed by atoms with Gasteiger partial charge in [-0.2, -0.15) is 0 Å². The molecule has 1 aromatic carbocycles. The number of ether oxygens (including phenoxy) is 3. The van der Waals surface area contributed by atoms with E-state index in [0.717, 1.165) is 6.08 Å². The van der Waals surface area contributed by atoms with Gasteiger partial charge in [0.2, 0.25) is 0 Å². The maximum atomic E-state index is 11.4.